The zero-order valence-electron chi connectivity index (χ0n) is 14.8. The fraction of sp³-hybridized carbons (Fsp3) is 0.429. The van der Waals surface area contributed by atoms with E-state index in [1.54, 1.807) is 7.11 Å². The van der Waals surface area contributed by atoms with Crippen molar-refractivity contribution < 1.29 is 9.47 Å². The Morgan fingerprint density at radius 1 is 1.00 bits per heavy atom. The molecule has 0 saturated heterocycles. The first-order valence-corrected chi connectivity index (χ1v) is 8.82. The molecule has 0 aliphatic rings. The van der Waals surface area contributed by atoms with Gasteiger partial charge in [0.05, 0.1) is 13.7 Å². The third-order valence-corrected chi connectivity index (χ3v) is 4.15. The monoisotopic (exact) mass is 327 g/mol. The lowest BCUT2D eigenvalue weighted by Crippen LogP contribution is -2.22. The van der Waals surface area contributed by atoms with Gasteiger partial charge >= 0.3 is 0 Å². The lowest BCUT2D eigenvalue weighted by Gasteiger charge is -2.15. The van der Waals surface area contributed by atoms with E-state index >= 15 is 0 Å². The Morgan fingerprint density at radius 2 is 1.79 bits per heavy atom. The average molecular weight is 327 g/mol. The molecular formula is C21H29NO2. The number of unbranched alkanes of at least 4 members (excludes halogenated alkanes) is 1. The van der Waals surface area contributed by atoms with Crippen LogP contribution in [0.4, 0.5) is 0 Å². The molecule has 0 heterocycles. The fourth-order valence-electron chi connectivity index (χ4n) is 2.76. The van der Waals surface area contributed by atoms with Crippen molar-refractivity contribution in [2.45, 2.75) is 45.1 Å². The van der Waals surface area contributed by atoms with E-state index in [2.05, 4.69) is 31.2 Å². The summed E-state index contributed by atoms with van der Waals surface area (Å²) in [5.41, 5.74) is 8.69. The Balaban J connectivity index is 1.95. The maximum Gasteiger partial charge on any atom is 0.161 e. The quantitative estimate of drug-likeness (QED) is 0.704. The van der Waals surface area contributed by atoms with Gasteiger partial charge in [0.25, 0.3) is 0 Å². The van der Waals surface area contributed by atoms with Crippen molar-refractivity contribution >= 4 is 0 Å². The lowest BCUT2D eigenvalue weighted by atomic mass is 10.0. The molecule has 0 aromatic heterocycles. The van der Waals surface area contributed by atoms with Crippen LogP contribution in [0, 0.1) is 0 Å². The van der Waals surface area contributed by atoms with Crippen LogP contribution in [0.25, 0.3) is 0 Å². The summed E-state index contributed by atoms with van der Waals surface area (Å²) in [6.45, 7) is 2.82. The van der Waals surface area contributed by atoms with Crippen LogP contribution in [-0.2, 0) is 12.8 Å². The van der Waals surface area contributed by atoms with Gasteiger partial charge in [0.1, 0.15) is 0 Å². The number of hydrogen-bond acceptors (Lipinski definition) is 3. The van der Waals surface area contributed by atoms with Gasteiger partial charge in [-0.05, 0) is 36.1 Å². The standard InChI is InChI=1S/C21H29NO2/c1-3-4-10-19(22)15-18-11-12-20(23-2)21(16-18)24-14-13-17-8-6-5-7-9-17/h5-9,11-12,16,19H,3-4,10,13-15,22H2,1-2H3. The third kappa shape index (κ3) is 5.89. The molecule has 2 aromatic rings. The van der Waals surface area contributed by atoms with E-state index in [1.165, 1.54) is 24.0 Å². The smallest absolute Gasteiger partial charge is 0.161 e. The molecule has 1 atom stereocenters. The average Bonchev–Trinajstić information content (AvgIpc) is 2.61. The molecule has 130 valence electrons. The van der Waals surface area contributed by atoms with Crippen molar-refractivity contribution in [1.82, 2.24) is 0 Å². The van der Waals surface area contributed by atoms with Gasteiger partial charge in [0.2, 0.25) is 0 Å². The SMILES string of the molecule is CCCCC(N)Cc1ccc(OC)c(OCCc2ccccc2)c1. The Labute approximate surface area is 145 Å². The minimum atomic E-state index is 0.204. The van der Waals surface area contributed by atoms with Gasteiger partial charge in [-0.2, -0.15) is 0 Å². The molecule has 0 aliphatic carbocycles. The molecule has 24 heavy (non-hydrogen) atoms. The van der Waals surface area contributed by atoms with Crippen LogP contribution in [0.5, 0.6) is 11.5 Å². The predicted molar refractivity (Wildman–Crippen MR) is 99.8 cm³/mol. The highest BCUT2D eigenvalue weighted by atomic mass is 16.5. The van der Waals surface area contributed by atoms with Gasteiger partial charge in [-0.25, -0.2) is 0 Å². The van der Waals surface area contributed by atoms with Crippen molar-refractivity contribution in [3.63, 3.8) is 0 Å². The van der Waals surface area contributed by atoms with Crippen LogP contribution in [0.2, 0.25) is 0 Å². The van der Waals surface area contributed by atoms with E-state index < -0.39 is 0 Å². The van der Waals surface area contributed by atoms with E-state index in [4.69, 9.17) is 15.2 Å². The van der Waals surface area contributed by atoms with Crippen LogP contribution in [0.15, 0.2) is 48.5 Å². The highest BCUT2D eigenvalue weighted by Gasteiger charge is 2.09. The number of methoxy groups -OCH3 is 1. The normalized spacial score (nSPS) is 12.0. The minimum Gasteiger partial charge on any atom is -0.493 e. The van der Waals surface area contributed by atoms with Gasteiger partial charge in [-0.1, -0.05) is 56.2 Å². The summed E-state index contributed by atoms with van der Waals surface area (Å²) >= 11 is 0. The molecule has 2 N–H and O–H groups in total. The first-order chi connectivity index (χ1) is 11.7. The van der Waals surface area contributed by atoms with Crippen LogP contribution in [0.1, 0.15) is 37.3 Å². The van der Waals surface area contributed by atoms with Gasteiger partial charge in [-0.15, -0.1) is 0 Å². The second-order valence-corrected chi connectivity index (χ2v) is 6.18. The van der Waals surface area contributed by atoms with Crippen molar-refractivity contribution in [1.29, 1.82) is 0 Å². The molecule has 2 rings (SSSR count). The Kier molecular flexibility index (Phi) is 7.63. The van der Waals surface area contributed by atoms with Crippen LogP contribution in [0.3, 0.4) is 0 Å². The summed E-state index contributed by atoms with van der Waals surface area (Å²) in [7, 11) is 1.67. The van der Waals surface area contributed by atoms with Gasteiger partial charge in [0.15, 0.2) is 11.5 Å². The number of benzene rings is 2. The molecule has 3 heteroatoms. The summed E-state index contributed by atoms with van der Waals surface area (Å²) in [5, 5.41) is 0. The van der Waals surface area contributed by atoms with E-state index in [0.717, 1.165) is 30.8 Å². The highest BCUT2D eigenvalue weighted by molar-refractivity contribution is 5.43. The number of hydrogen-bond donors (Lipinski definition) is 1. The molecule has 0 bridgehead atoms. The molecule has 2 aromatic carbocycles. The van der Waals surface area contributed by atoms with Gasteiger partial charge in [-0.3, -0.25) is 0 Å². The summed E-state index contributed by atoms with van der Waals surface area (Å²) in [4.78, 5) is 0. The van der Waals surface area contributed by atoms with Crippen molar-refractivity contribution in [3.05, 3.63) is 59.7 Å². The molecule has 0 radical (unpaired) electrons. The number of rotatable bonds is 10. The van der Waals surface area contributed by atoms with E-state index in [1.807, 2.05) is 24.3 Å². The molecule has 0 saturated carbocycles. The van der Waals surface area contributed by atoms with E-state index in [-0.39, 0.29) is 6.04 Å². The zero-order valence-corrected chi connectivity index (χ0v) is 14.8. The maximum absolute atomic E-state index is 6.22. The Hall–Kier alpha value is -2.00. The topological polar surface area (TPSA) is 44.5 Å². The maximum atomic E-state index is 6.22. The van der Waals surface area contributed by atoms with E-state index in [0.29, 0.717) is 6.61 Å². The molecule has 1 unspecified atom stereocenters. The number of nitrogens with two attached hydrogens (primary N) is 1. The summed E-state index contributed by atoms with van der Waals surface area (Å²) in [5.74, 6) is 1.57. The summed E-state index contributed by atoms with van der Waals surface area (Å²) in [6, 6.07) is 16.7. The van der Waals surface area contributed by atoms with Crippen LogP contribution < -0.4 is 15.2 Å². The Morgan fingerprint density at radius 3 is 2.50 bits per heavy atom. The van der Waals surface area contributed by atoms with Crippen LogP contribution in [-0.4, -0.2) is 19.8 Å². The number of ether oxygens (including phenoxy) is 2. The molecule has 0 aliphatic heterocycles. The van der Waals surface area contributed by atoms with Crippen LogP contribution >= 0.6 is 0 Å². The van der Waals surface area contributed by atoms with Crippen molar-refractivity contribution in [3.8, 4) is 11.5 Å². The fourth-order valence-corrected chi connectivity index (χ4v) is 2.76. The lowest BCUT2D eigenvalue weighted by molar-refractivity contribution is 0.297. The van der Waals surface area contributed by atoms with Gasteiger partial charge in [0, 0.05) is 12.5 Å². The first kappa shape index (κ1) is 18.3. The Bertz CT molecular complexity index is 598. The second-order valence-electron chi connectivity index (χ2n) is 6.18. The first-order valence-electron chi connectivity index (χ1n) is 8.82. The van der Waals surface area contributed by atoms with Crippen molar-refractivity contribution in [2.24, 2.45) is 5.73 Å². The summed E-state index contributed by atoms with van der Waals surface area (Å²) in [6.07, 6.45) is 5.18. The highest BCUT2D eigenvalue weighted by Crippen LogP contribution is 2.29. The molecule has 0 amide bonds. The molecular weight excluding hydrogens is 298 g/mol. The largest absolute Gasteiger partial charge is 0.493 e. The van der Waals surface area contributed by atoms with E-state index in [9.17, 15) is 0 Å². The molecule has 0 spiro atoms. The van der Waals surface area contributed by atoms with Gasteiger partial charge < -0.3 is 15.2 Å². The molecule has 3 nitrogen and oxygen atoms in total. The molecule has 0 fully saturated rings. The predicted octanol–water partition coefficient (Wildman–Crippen LogP) is 4.38. The second kappa shape index (κ2) is 9.99. The summed E-state index contributed by atoms with van der Waals surface area (Å²) < 4.78 is 11.4. The van der Waals surface area contributed by atoms with Crippen molar-refractivity contribution in [2.75, 3.05) is 13.7 Å². The third-order valence-electron chi connectivity index (χ3n) is 4.15. The zero-order chi connectivity index (χ0) is 17.2. The minimum absolute atomic E-state index is 0.204.